The third-order valence-corrected chi connectivity index (χ3v) is 2.47. The standard InChI is InChI=1S/C12H14N2O3/c1-3-17-12(15)10-5-7-4-8(13)11(16-2)6-9(7)14-10/h4-6,14H,3,13H2,1-2H3. The lowest BCUT2D eigenvalue weighted by atomic mass is 10.2. The van der Waals surface area contributed by atoms with Crippen molar-refractivity contribution in [1.82, 2.24) is 4.98 Å². The van der Waals surface area contributed by atoms with Gasteiger partial charge in [0.05, 0.1) is 19.4 Å². The molecule has 0 saturated carbocycles. The van der Waals surface area contributed by atoms with Crippen molar-refractivity contribution >= 4 is 22.6 Å². The van der Waals surface area contributed by atoms with Gasteiger partial charge in [-0.05, 0) is 19.1 Å². The number of H-pyrrole nitrogens is 1. The molecule has 1 aromatic heterocycles. The highest BCUT2D eigenvalue weighted by atomic mass is 16.5. The number of rotatable bonds is 3. The maximum Gasteiger partial charge on any atom is 0.354 e. The number of ether oxygens (including phenoxy) is 2. The van der Waals surface area contributed by atoms with Crippen LogP contribution in [0.25, 0.3) is 10.9 Å². The molecule has 0 atom stereocenters. The number of benzene rings is 1. The van der Waals surface area contributed by atoms with Crippen LogP contribution in [0, 0.1) is 0 Å². The minimum Gasteiger partial charge on any atom is -0.495 e. The van der Waals surface area contributed by atoms with Crippen molar-refractivity contribution in [3.8, 4) is 5.75 Å². The molecule has 1 heterocycles. The molecule has 90 valence electrons. The van der Waals surface area contributed by atoms with Gasteiger partial charge in [0.25, 0.3) is 0 Å². The molecule has 3 N–H and O–H groups in total. The molecule has 0 unspecified atom stereocenters. The molecular weight excluding hydrogens is 220 g/mol. The molecule has 5 heteroatoms. The quantitative estimate of drug-likeness (QED) is 0.628. The molecule has 2 aromatic rings. The largest absolute Gasteiger partial charge is 0.495 e. The second-order valence-electron chi connectivity index (χ2n) is 3.58. The topological polar surface area (TPSA) is 77.3 Å². The van der Waals surface area contributed by atoms with Crippen molar-refractivity contribution in [2.45, 2.75) is 6.92 Å². The predicted octanol–water partition coefficient (Wildman–Crippen LogP) is 1.94. The van der Waals surface area contributed by atoms with Gasteiger partial charge in [-0.1, -0.05) is 0 Å². The van der Waals surface area contributed by atoms with Crippen LogP contribution in [0.15, 0.2) is 18.2 Å². The number of esters is 1. The van der Waals surface area contributed by atoms with Crippen molar-refractivity contribution in [2.24, 2.45) is 0 Å². The molecule has 0 aliphatic heterocycles. The van der Waals surface area contributed by atoms with E-state index < -0.39 is 0 Å². The van der Waals surface area contributed by atoms with E-state index in [1.54, 1.807) is 32.2 Å². The number of hydrogen-bond acceptors (Lipinski definition) is 4. The first-order valence-electron chi connectivity index (χ1n) is 5.29. The number of nitrogens with two attached hydrogens (primary N) is 1. The number of aromatic amines is 1. The van der Waals surface area contributed by atoms with Gasteiger partial charge in [0.2, 0.25) is 0 Å². The molecule has 0 fully saturated rings. The Labute approximate surface area is 98.5 Å². The molecule has 0 amide bonds. The molecule has 0 bridgehead atoms. The summed E-state index contributed by atoms with van der Waals surface area (Å²) >= 11 is 0. The lowest BCUT2D eigenvalue weighted by Gasteiger charge is -2.03. The van der Waals surface area contributed by atoms with Gasteiger partial charge in [0, 0.05) is 17.0 Å². The van der Waals surface area contributed by atoms with E-state index >= 15 is 0 Å². The monoisotopic (exact) mass is 234 g/mol. The number of nitrogens with one attached hydrogen (secondary N) is 1. The summed E-state index contributed by atoms with van der Waals surface area (Å²) in [5.41, 5.74) is 7.53. The Morgan fingerprint density at radius 3 is 2.82 bits per heavy atom. The SMILES string of the molecule is CCOC(=O)c1cc2cc(N)c(OC)cc2[nH]1. The lowest BCUT2D eigenvalue weighted by Crippen LogP contribution is -2.04. The third kappa shape index (κ3) is 2.04. The fraction of sp³-hybridized carbons (Fsp3) is 0.250. The number of carbonyl (C=O) groups is 1. The third-order valence-electron chi connectivity index (χ3n) is 2.47. The zero-order valence-electron chi connectivity index (χ0n) is 9.74. The number of carbonyl (C=O) groups excluding carboxylic acids is 1. The maximum absolute atomic E-state index is 11.5. The highest BCUT2D eigenvalue weighted by Gasteiger charge is 2.11. The minimum absolute atomic E-state index is 0.347. The smallest absolute Gasteiger partial charge is 0.354 e. The van der Waals surface area contributed by atoms with Gasteiger partial charge in [-0.25, -0.2) is 4.79 Å². The molecule has 0 aliphatic carbocycles. The molecule has 0 saturated heterocycles. The van der Waals surface area contributed by atoms with Crippen LogP contribution in [0.5, 0.6) is 5.75 Å². The average molecular weight is 234 g/mol. The summed E-state index contributed by atoms with van der Waals surface area (Å²) in [6.45, 7) is 2.11. The summed E-state index contributed by atoms with van der Waals surface area (Å²) in [6, 6.07) is 5.23. The van der Waals surface area contributed by atoms with Crippen LogP contribution < -0.4 is 10.5 Å². The predicted molar refractivity (Wildman–Crippen MR) is 65.2 cm³/mol. The summed E-state index contributed by atoms with van der Waals surface area (Å²) in [5, 5.41) is 0.853. The van der Waals surface area contributed by atoms with Crippen LogP contribution in [0.4, 0.5) is 5.69 Å². The molecule has 1 aromatic carbocycles. The maximum atomic E-state index is 11.5. The van der Waals surface area contributed by atoms with Crippen LogP contribution in [-0.4, -0.2) is 24.7 Å². The normalized spacial score (nSPS) is 10.5. The van der Waals surface area contributed by atoms with Crippen LogP contribution >= 0.6 is 0 Å². The van der Waals surface area contributed by atoms with E-state index in [0.29, 0.717) is 23.7 Å². The highest BCUT2D eigenvalue weighted by Crippen LogP contribution is 2.28. The molecule has 0 aliphatic rings. The Morgan fingerprint density at radius 2 is 2.18 bits per heavy atom. The molecular formula is C12H14N2O3. The van der Waals surface area contributed by atoms with Gasteiger partial charge in [0.1, 0.15) is 11.4 Å². The van der Waals surface area contributed by atoms with Crippen LogP contribution in [0.3, 0.4) is 0 Å². The Balaban J connectivity index is 2.47. The molecule has 2 rings (SSSR count). The van der Waals surface area contributed by atoms with E-state index in [1.165, 1.54) is 0 Å². The summed E-state index contributed by atoms with van der Waals surface area (Å²) in [6.07, 6.45) is 0. The van der Waals surface area contributed by atoms with E-state index in [0.717, 1.165) is 10.9 Å². The number of methoxy groups -OCH3 is 1. The van der Waals surface area contributed by atoms with Gasteiger partial charge in [0.15, 0.2) is 0 Å². The minimum atomic E-state index is -0.374. The number of hydrogen-bond donors (Lipinski definition) is 2. The van der Waals surface area contributed by atoms with Crippen molar-refractivity contribution in [3.05, 3.63) is 23.9 Å². The van der Waals surface area contributed by atoms with Gasteiger partial charge < -0.3 is 20.2 Å². The van der Waals surface area contributed by atoms with E-state index in [1.807, 2.05) is 0 Å². The second-order valence-corrected chi connectivity index (χ2v) is 3.58. The fourth-order valence-electron chi connectivity index (χ4n) is 1.67. The first-order valence-corrected chi connectivity index (χ1v) is 5.29. The lowest BCUT2D eigenvalue weighted by molar-refractivity contribution is 0.0520. The van der Waals surface area contributed by atoms with Crippen molar-refractivity contribution in [2.75, 3.05) is 19.5 Å². The summed E-state index contributed by atoms with van der Waals surface area (Å²) in [4.78, 5) is 14.5. The summed E-state index contributed by atoms with van der Waals surface area (Å²) < 4.78 is 10.0. The molecule has 0 spiro atoms. The Kier molecular flexibility index (Phi) is 2.91. The molecule has 5 nitrogen and oxygen atoms in total. The summed E-state index contributed by atoms with van der Waals surface area (Å²) in [7, 11) is 1.55. The second kappa shape index (κ2) is 4.37. The van der Waals surface area contributed by atoms with Crippen LogP contribution in [0.1, 0.15) is 17.4 Å². The first kappa shape index (κ1) is 11.3. The van der Waals surface area contributed by atoms with E-state index in [-0.39, 0.29) is 5.97 Å². The molecule has 0 radical (unpaired) electrons. The van der Waals surface area contributed by atoms with E-state index in [2.05, 4.69) is 4.98 Å². The highest BCUT2D eigenvalue weighted by molar-refractivity contribution is 5.96. The van der Waals surface area contributed by atoms with Crippen LogP contribution in [-0.2, 0) is 4.74 Å². The zero-order chi connectivity index (χ0) is 12.4. The zero-order valence-corrected chi connectivity index (χ0v) is 9.74. The fourth-order valence-corrected chi connectivity index (χ4v) is 1.67. The summed E-state index contributed by atoms with van der Waals surface area (Å²) in [5.74, 6) is 0.205. The van der Waals surface area contributed by atoms with Gasteiger partial charge in [-0.3, -0.25) is 0 Å². The Bertz CT molecular complexity index is 560. The number of anilines is 1. The van der Waals surface area contributed by atoms with E-state index in [9.17, 15) is 4.79 Å². The van der Waals surface area contributed by atoms with Crippen LogP contribution in [0.2, 0.25) is 0 Å². The van der Waals surface area contributed by atoms with E-state index in [4.69, 9.17) is 15.2 Å². The number of aromatic nitrogens is 1. The van der Waals surface area contributed by atoms with Gasteiger partial charge in [-0.2, -0.15) is 0 Å². The van der Waals surface area contributed by atoms with Crippen molar-refractivity contribution < 1.29 is 14.3 Å². The van der Waals surface area contributed by atoms with Crippen molar-refractivity contribution in [1.29, 1.82) is 0 Å². The average Bonchev–Trinajstić information content (AvgIpc) is 2.71. The van der Waals surface area contributed by atoms with Gasteiger partial charge in [-0.15, -0.1) is 0 Å². The Morgan fingerprint density at radius 1 is 1.41 bits per heavy atom. The molecule has 17 heavy (non-hydrogen) atoms. The van der Waals surface area contributed by atoms with Gasteiger partial charge >= 0.3 is 5.97 Å². The number of fused-ring (bicyclic) bond motifs is 1. The van der Waals surface area contributed by atoms with Crippen molar-refractivity contribution in [3.63, 3.8) is 0 Å². The Hall–Kier alpha value is -2.17. The first-order chi connectivity index (χ1) is 8.15. The number of nitrogen functional groups attached to an aromatic ring is 1.